The zero-order valence-corrected chi connectivity index (χ0v) is 10.1. The van der Waals surface area contributed by atoms with Crippen molar-refractivity contribution in [1.82, 2.24) is 19.9 Å². The van der Waals surface area contributed by atoms with E-state index in [1.807, 2.05) is 16.7 Å². The molecule has 2 rings (SSSR count). The molecule has 0 spiro atoms. The van der Waals surface area contributed by atoms with Crippen molar-refractivity contribution < 1.29 is 4.79 Å². The molecule has 0 bridgehead atoms. The molecule has 0 saturated carbocycles. The largest absolute Gasteiger partial charge is 0.383 e. The predicted molar refractivity (Wildman–Crippen MR) is 68.6 cm³/mol. The van der Waals surface area contributed by atoms with E-state index in [0.717, 1.165) is 11.3 Å². The molecule has 6 heteroatoms. The Bertz CT molecular complexity index is 549. The second kappa shape index (κ2) is 5.31. The van der Waals surface area contributed by atoms with Gasteiger partial charge in [-0.15, -0.1) is 0 Å². The third kappa shape index (κ3) is 2.48. The molecule has 2 heterocycles. The number of rotatable bonds is 4. The molecule has 18 heavy (non-hydrogen) atoms. The molecule has 0 aliphatic heterocycles. The number of anilines is 1. The van der Waals surface area contributed by atoms with Gasteiger partial charge in [0.2, 0.25) is 5.91 Å². The number of nitrogens with two attached hydrogens (primary N) is 1. The second-order valence-corrected chi connectivity index (χ2v) is 3.83. The van der Waals surface area contributed by atoms with Crippen LogP contribution >= 0.6 is 0 Å². The number of aromatic nitrogens is 3. The molecule has 2 aromatic rings. The molecule has 0 aliphatic rings. The van der Waals surface area contributed by atoms with Crippen LogP contribution in [-0.4, -0.2) is 27.5 Å². The number of nitrogens with zero attached hydrogens (tertiary/aromatic N) is 3. The maximum absolute atomic E-state index is 11.2. The Morgan fingerprint density at radius 2 is 2.39 bits per heavy atom. The van der Waals surface area contributed by atoms with Gasteiger partial charge >= 0.3 is 0 Å². The molecule has 0 radical (unpaired) electrons. The first-order chi connectivity index (χ1) is 8.72. The van der Waals surface area contributed by atoms with Crippen LogP contribution < -0.4 is 11.1 Å². The Hall–Kier alpha value is -2.37. The highest BCUT2D eigenvalue weighted by Gasteiger charge is 2.09. The predicted octanol–water partition coefficient (Wildman–Crippen LogP) is 0.663. The molecule has 94 valence electrons. The molecule has 0 saturated heterocycles. The van der Waals surface area contributed by atoms with Crippen LogP contribution in [0.4, 0.5) is 5.82 Å². The summed E-state index contributed by atoms with van der Waals surface area (Å²) in [7, 11) is 1.62. The van der Waals surface area contributed by atoms with Crippen LogP contribution in [0.5, 0.6) is 0 Å². The molecular weight excluding hydrogens is 230 g/mol. The lowest BCUT2D eigenvalue weighted by molar-refractivity contribution is -0.120. The third-order valence-corrected chi connectivity index (χ3v) is 2.69. The normalized spacial score (nSPS) is 10.3. The van der Waals surface area contributed by atoms with Crippen LogP contribution in [0.15, 0.2) is 30.9 Å². The number of nitrogen functional groups attached to an aromatic ring is 1. The quantitative estimate of drug-likeness (QED) is 0.828. The summed E-state index contributed by atoms with van der Waals surface area (Å²) in [5.74, 6) is 0.452. The van der Waals surface area contributed by atoms with Crippen molar-refractivity contribution in [2.75, 3.05) is 12.8 Å². The Labute approximate surface area is 105 Å². The SMILES string of the molecule is CNC(=O)CCn1cncc1-c1cccnc1N. The summed E-state index contributed by atoms with van der Waals surface area (Å²) >= 11 is 0. The first-order valence-electron chi connectivity index (χ1n) is 5.64. The number of aryl methyl sites for hydroxylation is 1. The van der Waals surface area contributed by atoms with Crippen LogP contribution in [0.1, 0.15) is 6.42 Å². The molecule has 0 fully saturated rings. The number of hydrogen-bond donors (Lipinski definition) is 2. The van der Waals surface area contributed by atoms with E-state index in [2.05, 4.69) is 15.3 Å². The van der Waals surface area contributed by atoms with E-state index in [1.54, 1.807) is 25.8 Å². The topological polar surface area (TPSA) is 85.8 Å². The Kier molecular flexibility index (Phi) is 3.57. The fourth-order valence-electron chi connectivity index (χ4n) is 1.70. The van der Waals surface area contributed by atoms with Gasteiger partial charge in [0.25, 0.3) is 0 Å². The van der Waals surface area contributed by atoms with Gasteiger partial charge in [0, 0.05) is 31.8 Å². The van der Waals surface area contributed by atoms with Crippen molar-refractivity contribution in [1.29, 1.82) is 0 Å². The molecule has 0 unspecified atom stereocenters. The lowest BCUT2D eigenvalue weighted by Gasteiger charge is -2.08. The van der Waals surface area contributed by atoms with Gasteiger partial charge in [-0.05, 0) is 12.1 Å². The highest BCUT2D eigenvalue weighted by atomic mass is 16.1. The van der Waals surface area contributed by atoms with Crippen LogP contribution in [0.2, 0.25) is 0 Å². The first-order valence-corrected chi connectivity index (χ1v) is 5.64. The summed E-state index contributed by atoms with van der Waals surface area (Å²) in [4.78, 5) is 19.4. The van der Waals surface area contributed by atoms with Crippen molar-refractivity contribution in [3.8, 4) is 11.3 Å². The van der Waals surface area contributed by atoms with Crippen molar-refractivity contribution >= 4 is 11.7 Å². The number of nitrogens with one attached hydrogen (secondary N) is 1. The van der Waals surface area contributed by atoms with Crippen molar-refractivity contribution in [3.63, 3.8) is 0 Å². The summed E-state index contributed by atoms with van der Waals surface area (Å²) in [6.45, 7) is 0.559. The Morgan fingerprint density at radius 1 is 1.56 bits per heavy atom. The van der Waals surface area contributed by atoms with Crippen LogP contribution in [0, 0.1) is 0 Å². The summed E-state index contributed by atoms with van der Waals surface area (Å²) < 4.78 is 1.89. The van der Waals surface area contributed by atoms with E-state index in [0.29, 0.717) is 18.8 Å². The zero-order valence-electron chi connectivity index (χ0n) is 10.1. The number of hydrogen-bond acceptors (Lipinski definition) is 4. The fourth-order valence-corrected chi connectivity index (χ4v) is 1.70. The van der Waals surface area contributed by atoms with E-state index >= 15 is 0 Å². The second-order valence-electron chi connectivity index (χ2n) is 3.83. The molecule has 6 nitrogen and oxygen atoms in total. The monoisotopic (exact) mass is 245 g/mol. The van der Waals surface area contributed by atoms with Gasteiger partial charge in [-0.1, -0.05) is 0 Å². The zero-order chi connectivity index (χ0) is 13.0. The molecule has 2 aromatic heterocycles. The summed E-state index contributed by atoms with van der Waals surface area (Å²) in [6, 6.07) is 3.71. The summed E-state index contributed by atoms with van der Waals surface area (Å²) in [6.07, 6.45) is 5.45. The van der Waals surface area contributed by atoms with E-state index in [-0.39, 0.29) is 5.91 Å². The Morgan fingerprint density at radius 3 is 3.11 bits per heavy atom. The van der Waals surface area contributed by atoms with E-state index in [1.165, 1.54) is 0 Å². The summed E-state index contributed by atoms with van der Waals surface area (Å²) in [5.41, 5.74) is 7.52. The number of carbonyl (C=O) groups excluding carboxylic acids is 1. The number of pyridine rings is 1. The smallest absolute Gasteiger partial charge is 0.221 e. The number of carbonyl (C=O) groups is 1. The van der Waals surface area contributed by atoms with Crippen molar-refractivity contribution in [2.45, 2.75) is 13.0 Å². The van der Waals surface area contributed by atoms with Gasteiger partial charge in [-0.25, -0.2) is 9.97 Å². The molecular formula is C12H15N5O. The Balaban J connectivity index is 2.23. The molecule has 0 aromatic carbocycles. The van der Waals surface area contributed by atoms with Gasteiger partial charge < -0.3 is 15.6 Å². The van der Waals surface area contributed by atoms with Crippen LogP contribution in [-0.2, 0) is 11.3 Å². The molecule has 0 atom stereocenters. The fraction of sp³-hybridized carbons (Fsp3) is 0.250. The van der Waals surface area contributed by atoms with Crippen LogP contribution in [0.25, 0.3) is 11.3 Å². The van der Waals surface area contributed by atoms with Gasteiger partial charge in [0.05, 0.1) is 18.2 Å². The number of amides is 1. The minimum atomic E-state index is -0.00573. The van der Waals surface area contributed by atoms with Crippen molar-refractivity contribution in [3.05, 3.63) is 30.9 Å². The minimum Gasteiger partial charge on any atom is -0.383 e. The highest BCUT2D eigenvalue weighted by Crippen LogP contribution is 2.23. The molecule has 3 N–H and O–H groups in total. The van der Waals surface area contributed by atoms with Gasteiger partial charge in [-0.2, -0.15) is 0 Å². The first kappa shape index (κ1) is 12.1. The summed E-state index contributed by atoms with van der Waals surface area (Å²) in [5, 5.41) is 2.59. The number of imidazole rings is 1. The average molecular weight is 245 g/mol. The maximum atomic E-state index is 11.2. The lowest BCUT2D eigenvalue weighted by Crippen LogP contribution is -2.19. The third-order valence-electron chi connectivity index (χ3n) is 2.69. The minimum absolute atomic E-state index is 0.00573. The standard InChI is InChI=1S/C12H15N5O/c1-14-11(18)4-6-17-8-15-7-10(17)9-3-2-5-16-12(9)13/h2-3,5,7-8H,4,6H2,1H3,(H2,13,16)(H,14,18). The molecule has 1 amide bonds. The van der Waals surface area contributed by atoms with Crippen LogP contribution in [0.3, 0.4) is 0 Å². The highest BCUT2D eigenvalue weighted by molar-refractivity contribution is 5.75. The van der Waals surface area contributed by atoms with Gasteiger partial charge in [-0.3, -0.25) is 4.79 Å². The molecule has 0 aliphatic carbocycles. The van der Waals surface area contributed by atoms with Gasteiger partial charge in [0.15, 0.2) is 0 Å². The average Bonchev–Trinajstić information content (AvgIpc) is 2.84. The van der Waals surface area contributed by atoms with Gasteiger partial charge in [0.1, 0.15) is 5.82 Å². The van der Waals surface area contributed by atoms with E-state index < -0.39 is 0 Å². The maximum Gasteiger partial charge on any atom is 0.221 e. The lowest BCUT2D eigenvalue weighted by atomic mass is 10.2. The van der Waals surface area contributed by atoms with E-state index in [9.17, 15) is 4.79 Å². The van der Waals surface area contributed by atoms with Crippen molar-refractivity contribution in [2.24, 2.45) is 0 Å². The van der Waals surface area contributed by atoms with E-state index in [4.69, 9.17) is 5.73 Å².